The van der Waals surface area contributed by atoms with Crippen LogP contribution in [0, 0.1) is 46.8 Å². The molecule has 0 aliphatic heterocycles. The highest BCUT2D eigenvalue weighted by Gasteiger charge is 2.63. The minimum absolute atomic E-state index is 0.129. The van der Waals surface area contributed by atoms with Crippen LogP contribution >= 0.6 is 0 Å². The summed E-state index contributed by atoms with van der Waals surface area (Å²) in [5.74, 6) is -16.9. The Morgan fingerprint density at radius 2 is 0.870 bits per heavy atom. The number of carbonyl (C=O) groups is 4. The third kappa shape index (κ3) is 11.2. The van der Waals surface area contributed by atoms with Gasteiger partial charge in [0.15, 0.2) is 0 Å². The van der Waals surface area contributed by atoms with Gasteiger partial charge in [-0.15, -0.1) is 0 Å². The molecule has 0 amide bonds. The maximum absolute atomic E-state index is 13.6. The molecule has 3 saturated carbocycles. The van der Waals surface area contributed by atoms with Gasteiger partial charge in [0.25, 0.3) is 12.2 Å². The topological polar surface area (TPSA) is 116 Å². The normalized spacial score (nSPS) is 29.3. The summed E-state index contributed by atoms with van der Waals surface area (Å²) in [6.45, 7) is 6.58. The van der Waals surface area contributed by atoms with Crippen molar-refractivity contribution in [3.8, 4) is 0 Å². The molecule has 0 saturated heterocycles. The van der Waals surface area contributed by atoms with Gasteiger partial charge in [0.2, 0.25) is 0 Å². The fourth-order valence-corrected chi connectivity index (χ4v) is 8.10. The van der Waals surface area contributed by atoms with Gasteiger partial charge >= 0.3 is 42.6 Å². The Labute approximate surface area is 303 Å². The number of ketones is 1. The van der Waals surface area contributed by atoms with Crippen molar-refractivity contribution in [2.24, 2.45) is 46.8 Å². The Morgan fingerprint density at radius 3 is 1.24 bits per heavy atom. The van der Waals surface area contributed by atoms with E-state index in [0.29, 0.717) is 25.7 Å². The minimum atomic E-state index is -6.26. The number of aliphatic hydroxyl groups excluding tert-OH is 1. The molecule has 20 heteroatoms. The molecule has 0 bridgehead atoms. The van der Waals surface area contributed by atoms with Crippen molar-refractivity contribution in [1.82, 2.24) is 0 Å². The quantitative estimate of drug-likeness (QED) is 0.133. The largest absolute Gasteiger partial charge is 0.462 e. The Bertz CT molecular complexity index is 1300. The average molecular weight is 809 g/mol. The molecular weight excluding hydrogens is 764 g/mol. The van der Waals surface area contributed by atoms with E-state index < -0.39 is 109 Å². The van der Waals surface area contributed by atoms with Gasteiger partial charge in [-0.2, -0.15) is 52.7 Å². The van der Waals surface area contributed by atoms with Crippen LogP contribution < -0.4 is 0 Å². The molecule has 0 aromatic heterocycles. The molecule has 3 aliphatic carbocycles. The van der Waals surface area contributed by atoms with E-state index in [1.54, 1.807) is 0 Å². The van der Waals surface area contributed by atoms with Gasteiger partial charge in [0, 0.05) is 11.8 Å². The number of hydrogen-bond acceptors (Lipinski definition) is 8. The summed E-state index contributed by atoms with van der Waals surface area (Å²) in [5, 5.41) is 9.90. The molecule has 3 fully saturated rings. The molecule has 3 aliphatic rings. The first-order chi connectivity index (χ1) is 24.5. The van der Waals surface area contributed by atoms with Gasteiger partial charge < -0.3 is 19.3 Å². The van der Waals surface area contributed by atoms with Gasteiger partial charge in [-0.1, -0.05) is 27.7 Å². The maximum Gasteiger partial charge on any atom is 0.434 e. The Hall–Kier alpha value is -2.80. The van der Waals surface area contributed by atoms with Crippen LogP contribution in [0.5, 0.6) is 0 Å². The molecular formula is C34H44F12O8. The summed E-state index contributed by atoms with van der Waals surface area (Å²) in [7, 11) is 0. The second-order valence-electron chi connectivity index (χ2n) is 15.5. The van der Waals surface area contributed by atoms with Gasteiger partial charge in [0.05, 0.1) is 23.9 Å². The SMILES string of the molecule is CC(C)C(=O)C1CC(C(=O)OC2CCC(C(C)(C)C3CCC(O)CC3)CC2)C(C(=O)OC(C(F)(F)F)C(F)(F)F)CC1C(=O)OC(C(F)(F)F)C(F)(F)F. The van der Waals surface area contributed by atoms with Crippen molar-refractivity contribution in [3.05, 3.63) is 0 Å². The van der Waals surface area contributed by atoms with Crippen molar-refractivity contribution < 1.29 is 91.2 Å². The van der Waals surface area contributed by atoms with Crippen LogP contribution in [0.25, 0.3) is 0 Å². The third-order valence-electron chi connectivity index (χ3n) is 11.2. The second kappa shape index (κ2) is 16.7. The van der Waals surface area contributed by atoms with E-state index >= 15 is 0 Å². The fourth-order valence-electron chi connectivity index (χ4n) is 8.10. The monoisotopic (exact) mass is 808 g/mol. The molecule has 4 unspecified atom stereocenters. The fraction of sp³-hybridized carbons (Fsp3) is 0.882. The van der Waals surface area contributed by atoms with Crippen molar-refractivity contribution in [1.29, 1.82) is 0 Å². The predicted octanol–water partition coefficient (Wildman–Crippen LogP) is 8.22. The Balaban J connectivity index is 1.93. The number of ether oxygens (including phenoxy) is 3. The number of carbonyl (C=O) groups excluding carboxylic acids is 4. The number of esters is 3. The van der Waals surface area contributed by atoms with Crippen LogP contribution in [0.1, 0.15) is 91.9 Å². The van der Waals surface area contributed by atoms with Crippen molar-refractivity contribution in [3.63, 3.8) is 0 Å². The van der Waals surface area contributed by atoms with Gasteiger partial charge in [-0.25, -0.2) is 0 Å². The molecule has 54 heavy (non-hydrogen) atoms. The molecule has 0 radical (unpaired) electrons. The summed E-state index contributed by atoms with van der Waals surface area (Å²) < 4.78 is 173. The molecule has 312 valence electrons. The van der Waals surface area contributed by atoms with Crippen molar-refractivity contribution in [2.45, 2.75) is 141 Å². The van der Waals surface area contributed by atoms with E-state index in [0.717, 1.165) is 12.8 Å². The van der Waals surface area contributed by atoms with Crippen LogP contribution in [0.2, 0.25) is 0 Å². The Morgan fingerprint density at radius 1 is 0.537 bits per heavy atom. The van der Waals surface area contributed by atoms with E-state index in [-0.39, 0.29) is 36.2 Å². The number of Topliss-reactive ketones (excluding diaryl/α,β-unsaturated/α-hetero) is 1. The standard InChI is InChI=1S/C34H44F12O8/c1-15(2)24(48)20-13-22(25(49)52-19-11-7-17(8-12-19)30(3,4)16-5-9-18(47)10-6-16)23(27(51)54-29(33(41,42)43)34(44,45)46)14-21(20)26(50)53-28(31(35,36)37)32(38,39)40/h15-23,28-29,47H,5-14H2,1-4H3. The van der Waals surface area contributed by atoms with Gasteiger partial charge in [0.1, 0.15) is 11.9 Å². The second-order valence-corrected chi connectivity index (χ2v) is 15.5. The predicted molar refractivity (Wildman–Crippen MR) is 161 cm³/mol. The molecule has 0 aromatic rings. The highest BCUT2D eigenvalue weighted by molar-refractivity contribution is 5.91. The first kappa shape index (κ1) is 45.6. The lowest BCUT2D eigenvalue weighted by Gasteiger charge is -2.46. The molecule has 0 heterocycles. The first-order valence-electron chi connectivity index (χ1n) is 17.6. The van der Waals surface area contributed by atoms with E-state index in [1.807, 2.05) is 0 Å². The zero-order chi connectivity index (χ0) is 41.4. The molecule has 0 spiro atoms. The zero-order valence-corrected chi connectivity index (χ0v) is 29.8. The zero-order valence-electron chi connectivity index (χ0n) is 29.8. The molecule has 0 aromatic carbocycles. The van der Waals surface area contributed by atoms with Crippen LogP contribution in [0.4, 0.5) is 52.7 Å². The molecule has 3 rings (SSSR count). The lowest BCUT2D eigenvalue weighted by molar-refractivity contribution is -0.315. The van der Waals surface area contributed by atoms with Crippen molar-refractivity contribution in [2.75, 3.05) is 0 Å². The summed E-state index contributed by atoms with van der Waals surface area (Å²) in [6.07, 6.45) is -34.0. The summed E-state index contributed by atoms with van der Waals surface area (Å²) in [4.78, 5) is 52.9. The molecule has 4 atom stereocenters. The summed E-state index contributed by atoms with van der Waals surface area (Å²) in [6, 6.07) is 0. The van der Waals surface area contributed by atoms with Gasteiger partial charge in [-0.3, -0.25) is 19.2 Å². The molecule has 8 nitrogen and oxygen atoms in total. The smallest absolute Gasteiger partial charge is 0.434 e. The highest BCUT2D eigenvalue weighted by Crippen LogP contribution is 2.50. The summed E-state index contributed by atoms with van der Waals surface area (Å²) in [5.41, 5.74) is -0.188. The maximum atomic E-state index is 13.6. The van der Waals surface area contributed by atoms with Crippen LogP contribution in [0.3, 0.4) is 0 Å². The first-order valence-corrected chi connectivity index (χ1v) is 17.6. The van der Waals surface area contributed by atoms with E-state index in [4.69, 9.17) is 4.74 Å². The minimum Gasteiger partial charge on any atom is -0.462 e. The number of halogens is 12. The molecule has 1 N–H and O–H groups in total. The van der Waals surface area contributed by atoms with Crippen molar-refractivity contribution >= 4 is 23.7 Å². The summed E-state index contributed by atoms with van der Waals surface area (Å²) >= 11 is 0. The number of hydrogen-bond donors (Lipinski definition) is 1. The Kier molecular flexibility index (Phi) is 14.1. The van der Waals surface area contributed by atoms with E-state index in [9.17, 15) is 77.0 Å². The van der Waals surface area contributed by atoms with Crippen LogP contribution in [-0.4, -0.2) is 77.9 Å². The van der Waals surface area contributed by atoms with Crippen LogP contribution in [0.15, 0.2) is 0 Å². The third-order valence-corrected chi connectivity index (χ3v) is 11.2. The lowest BCUT2D eigenvalue weighted by Crippen LogP contribution is -2.52. The number of aliphatic hydroxyl groups is 1. The highest BCUT2D eigenvalue weighted by atomic mass is 19.4. The lowest BCUT2D eigenvalue weighted by atomic mass is 9.60. The van der Waals surface area contributed by atoms with Gasteiger partial charge in [-0.05, 0) is 81.5 Å². The van der Waals surface area contributed by atoms with E-state index in [2.05, 4.69) is 23.3 Å². The van der Waals surface area contributed by atoms with Crippen LogP contribution in [-0.2, 0) is 33.4 Å². The number of rotatable bonds is 10. The van der Waals surface area contributed by atoms with E-state index in [1.165, 1.54) is 13.8 Å². The average Bonchev–Trinajstić information content (AvgIpc) is 3.03. The number of alkyl halides is 12.